The monoisotopic (exact) mass is 1200 g/mol. The molecule has 3 heterocycles. The number of amides is 1. The second-order valence-corrected chi connectivity index (χ2v) is 22.8. The molecule has 3 aliphatic heterocycles. The van der Waals surface area contributed by atoms with E-state index in [1.165, 1.54) is 64.2 Å². The molecule has 1 amide bonds. The van der Waals surface area contributed by atoms with Crippen LogP contribution in [0.25, 0.3) is 0 Å². The van der Waals surface area contributed by atoms with Crippen LogP contribution in [0, 0.1) is 0 Å². The van der Waals surface area contributed by atoms with Gasteiger partial charge in [0, 0.05) is 6.42 Å². The van der Waals surface area contributed by atoms with Crippen molar-refractivity contribution in [3.05, 3.63) is 72.9 Å². The fourth-order valence-corrected chi connectivity index (χ4v) is 10.6. The summed E-state index contributed by atoms with van der Waals surface area (Å²) in [6, 6.07) is -0.899. The number of hydrogen-bond donors (Lipinski definition) is 12. The maximum Gasteiger partial charge on any atom is 0.220 e. The van der Waals surface area contributed by atoms with Crippen molar-refractivity contribution < 1.29 is 89.4 Å². The van der Waals surface area contributed by atoms with Crippen LogP contribution in [0.3, 0.4) is 0 Å². The van der Waals surface area contributed by atoms with Crippen molar-refractivity contribution in [2.75, 3.05) is 26.4 Å². The van der Waals surface area contributed by atoms with E-state index in [0.29, 0.717) is 12.8 Å². The van der Waals surface area contributed by atoms with Gasteiger partial charge in [-0.25, -0.2) is 0 Å². The summed E-state index contributed by atoms with van der Waals surface area (Å²) >= 11 is 0. The third kappa shape index (κ3) is 30.0. The van der Waals surface area contributed by atoms with Crippen LogP contribution in [0.5, 0.6) is 0 Å². The SMILES string of the molecule is CC/C=C\C/C=C\C/C=C\C/C=C\C/C=C\C/C=C\CCCCCCCCC(=O)NC(COC1OC(CO)C(OC2OC(CO)C(OC3OC(CO)C(O)C(O)C3O)C(O)C2O)C(O)C1O)C(O)CCCCCCCCCCCCCCCC. The lowest BCUT2D eigenvalue weighted by Gasteiger charge is -2.48. The summed E-state index contributed by atoms with van der Waals surface area (Å²) < 4.78 is 34.3. The second kappa shape index (κ2) is 47.3. The van der Waals surface area contributed by atoms with Crippen LogP contribution in [0.15, 0.2) is 72.9 Å². The summed E-state index contributed by atoms with van der Waals surface area (Å²) in [5.41, 5.74) is 0. The Hall–Kier alpha value is -2.77. The van der Waals surface area contributed by atoms with Gasteiger partial charge in [0.2, 0.25) is 5.91 Å². The van der Waals surface area contributed by atoms with E-state index in [1.807, 2.05) is 0 Å². The Morgan fingerprint density at radius 2 is 0.821 bits per heavy atom. The molecule has 0 bridgehead atoms. The van der Waals surface area contributed by atoms with Gasteiger partial charge in [-0.05, 0) is 64.2 Å². The molecule has 486 valence electrons. The fraction of sp³-hybridized carbons (Fsp3) is 0.800. The summed E-state index contributed by atoms with van der Waals surface area (Å²) in [6.07, 6.45) is 29.7. The van der Waals surface area contributed by atoms with E-state index < -0.39 is 124 Å². The molecule has 3 fully saturated rings. The van der Waals surface area contributed by atoms with E-state index in [4.69, 9.17) is 28.4 Å². The Labute approximate surface area is 502 Å². The number of nitrogens with one attached hydrogen (secondary N) is 1. The van der Waals surface area contributed by atoms with Gasteiger partial charge in [0.05, 0.1) is 38.6 Å². The molecule has 19 nitrogen and oxygen atoms in total. The van der Waals surface area contributed by atoms with Gasteiger partial charge >= 0.3 is 0 Å². The van der Waals surface area contributed by atoms with Crippen molar-refractivity contribution >= 4 is 5.91 Å². The van der Waals surface area contributed by atoms with E-state index in [1.54, 1.807) is 0 Å². The Bertz CT molecular complexity index is 1810. The van der Waals surface area contributed by atoms with Gasteiger partial charge in [0.15, 0.2) is 18.9 Å². The maximum absolute atomic E-state index is 13.4. The number of unbranched alkanes of at least 4 members (excludes halogenated alkanes) is 19. The first-order valence-electron chi connectivity index (χ1n) is 32.2. The Balaban J connectivity index is 1.45. The number of allylic oxidation sites excluding steroid dienone is 12. The average Bonchev–Trinajstić information content (AvgIpc) is 3.68. The van der Waals surface area contributed by atoms with E-state index >= 15 is 0 Å². The predicted octanol–water partition coefficient (Wildman–Crippen LogP) is 6.99. The van der Waals surface area contributed by atoms with Crippen molar-refractivity contribution in [3.63, 3.8) is 0 Å². The third-order valence-corrected chi connectivity index (χ3v) is 15.8. The van der Waals surface area contributed by atoms with E-state index in [-0.39, 0.29) is 18.9 Å². The highest BCUT2D eigenvalue weighted by Gasteiger charge is 2.53. The smallest absolute Gasteiger partial charge is 0.220 e. The number of carbonyl (C=O) groups excluding carboxylic acids is 1. The second-order valence-electron chi connectivity index (χ2n) is 22.8. The van der Waals surface area contributed by atoms with Crippen LogP contribution in [0.2, 0.25) is 0 Å². The molecule has 0 aromatic rings. The van der Waals surface area contributed by atoms with Crippen LogP contribution in [-0.4, -0.2) is 193 Å². The van der Waals surface area contributed by atoms with Crippen LogP contribution in [0.4, 0.5) is 0 Å². The van der Waals surface area contributed by atoms with Gasteiger partial charge < -0.3 is 89.9 Å². The molecular formula is C65H113NO18. The number of hydrogen-bond acceptors (Lipinski definition) is 18. The topological polar surface area (TPSA) is 307 Å². The van der Waals surface area contributed by atoms with Crippen LogP contribution < -0.4 is 5.32 Å². The first-order chi connectivity index (χ1) is 40.8. The average molecular weight is 1200 g/mol. The molecule has 17 atom stereocenters. The fourth-order valence-electron chi connectivity index (χ4n) is 10.6. The number of rotatable bonds is 47. The zero-order chi connectivity index (χ0) is 61.2. The largest absolute Gasteiger partial charge is 0.394 e. The molecule has 17 unspecified atom stereocenters. The number of carbonyl (C=O) groups is 1. The van der Waals surface area contributed by atoms with Gasteiger partial charge in [-0.15, -0.1) is 0 Å². The van der Waals surface area contributed by atoms with Crippen molar-refractivity contribution in [3.8, 4) is 0 Å². The van der Waals surface area contributed by atoms with Gasteiger partial charge in [0.1, 0.15) is 73.2 Å². The van der Waals surface area contributed by atoms with E-state index in [9.17, 15) is 61.0 Å². The first-order valence-corrected chi connectivity index (χ1v) is 32.2. The molecule has 12 N–H and O–H groups in total. The quantitative estimate of drug-likeness (QED) is 0.0216. The minimum Gasteiger partial charge on any atom is -0.394 e. The molecule has 0 aliphatic carbocycles. The summed E-state index contributed by atoms with van der Waals surface area (Å²) in [5.74, 6) is -0.261. The molecule has 0 aromatic heterocycles. The molecule has 84 heavy (non-hydrogen) atoms. The van der Waals surface area contributed by atoms with Gasteiger partial charge in [-0.1, -0.05) is 202 Å². The van der Waals surface area contributed by atoms with Gasteiger partial charge in [-0.3, -0.25) is 4.79 Å². The van der Waals surface area contributed by atoms with E-state index in [2.05, 4.69) is 92.1 Å². The van der Waals surface area contributed by atoms with E-state index in [0.717, 1.165) is 103 Å². The molecule has 3 saturated heterocycles. The standard InChI is InChI=1S/C65H113NO18/c1-3-5-7-9-11-13-15-17-19-20-21-22-23-24-25-26-27-28-29-31-33-35-37-39-41-43-53(71)66-48(49(70)42-40-38-36-34-32-30-18-16-14-12-10-8-6-4-2)47-79-63-59(77)56(74)61(51(45-68)81-63)84-65-60(78)57(75)62(52(46-69)82-65)83-64-58(76)55(73)54(72)50(44-67)80-64/h5,7,11,13,17,19,21-22,24-25,27-28,48-52,54-65,67-70,72-78H,3-4,6,8-10,12,14-16,18,20,23,26,29-47H2,1-2H3,(H,66,71)/b7-5-,13-11-,19-17-,22-21-,25-24-,28-27-. The van der Waals surface area contributed by atoms with Crippen LogP contribution in [-0.2, 0) is 33.2 Å². The summed E-state index contributed by atoms with van der Waals surface area (Å²) in [6.45, 7) is 1.65. The maximum atomic E-state index is 13.4. The van der Waals surface area contributed by atoms with Crippen molar-refractivity contribution in [1.82, 2.24) is 5.32 Å². The molecule has 0 saturated carbocycles. The Morgan fingerprint density at radius 1 is 0.440 bits per heavy atom. The van der Waals surface area contributed by atoms with Crippen molar-refractivity contribution in [1.29, 1.82) is 0 Å². The third-order valence-electron chi connectivity index (χ3n) is 15.8. The molecule has 3 rings (SSSR count). The lowest BCUT2D eigenvalue weighted by Crippen LogP contribution is -2.66. The summed E-state index contributed by atoms with van der Waals surface area (Å²) in [7, 11) is 0. The molecule has 0 spiro atoms. The first kappa shape index (κ1) is 75.5. The number of ether oxygens (including phenoxy) is 6. The van der Waals surface area contributed by atoms with Crippen molar-refractivity contribution in [2.24, 2.45) is 0 Å². The van der Waals surface area contributed by atoms with Gasteiger partial charge in [0.25, 0.3) is 0 Å². The highest BCUT2D eigenvalue weighted by Crippen LogP contribution is 2.33. The number of aliphatic hydroxyl groups excluding tert-OH is 11. The predicted molar refractivity (Wildman–Crippen MR) is 323 cm³/mol. The van der Waals surface area contributed by atoms with Crippen molar-refractivity contribution in [2.45, 2.75) is 304 Å². The summed E-state index contributed by atoms with van der Waals surface area (Å²) in [5, 5.41) is 120. The lowest BCUT2D eigenvalue weighted by molar-refractivity contribution is -0.379. The van der Waals surface area contributed by atoms with Crippen LogP contribution >= 0.6 is 0 Å². The molecule has 3 aliphatic rings. The highest BCUT2D eigenvalue weighted by atomic mass is 16.8. The minimum absolute atomic E-state index is 0.245. The highest BCUT2D eigenvalue weighted by molar-refractivity contribution is 5.76. The number of aliphatic hydroxyl groups is 11. The zero-order valence-corrected chi connectivity index (χ0v) is 50.9. The van der Waals surface area contributed by atoms with Gasteiger partial charge in [-0.2, -0.15) is 0 Å². The Morgan fingerprint density at radius 3 is 1.29 bits per heavy atom. The zero-order valence-electron chi connectivity index (χ0n) is 50.9. The Kier molecular flexibility index (Phi) is 42.5. The van der Waals surface area contributed by atoms with Crippen LogP contribution in [0.1, 0.15) is 200 Å². The molecule has 19 heteroatoms. The minimum atomic E-state index is -1.98. The lowest BCUT2D eigenvalue weighted by atomic mass is 9.96. The normalized spacial score (nSPS) is 29.7. The summed E-state index contributed by atoms with van der Waals surface area (Å²) in [4.78, 5) is 13.4. The molecule has 0 aromatic carbocycles. The molecular weight excluding hydrogens is 1080 g/mol. The molecule has 0 radical (unpaired) electrons.